The summed E-state index contributed by atoms with van der Waals surface area (Å²) in [6, 6.07) is 0.321. The molecule has 0 aliphatic carbocycles. The number of unbranched alkanes of at least 4 members (excludes halogenated alkanes) is 1. The molecule has 0 fully saturated rings. The first kappa shape index (κ1) is 15.7. The van der Waals surface area contributed by atoms with Crippen LogP contribution in [0.4, 0.5) is 13.2 Å². The summed E-state index contributed by atoms with van der Waals surface area (Å²) in [5.41, 5.74) is 0. The monoisotopic (exact) mass is 241 g/mol. The highest BCUT2D eigenvalue weighted by atomic mass is 19.4. The summed E-state index contributed by atoms with van der Waals surface area (Å²) >= 11 is 0. The molecule has 0 aliphatic heterocycles. The van der Waals surface area contributed by atoms with E-state index >= 15 is 0 Å². The van der Waals surface area contributed by atoms with Crippen molar-refractivity contribution in [3.8, 4) is 0 Å². The first-order valence-corrected chi connectivity index (χ1v) is 5.93. The van der Waals surface area contributed by atoms with Gasteiger partial charge in [0.05, 0.1) is 6.61 Å². The summed E-state index contributed by atoms with van der Waals surface area (Å²) in [5, 5.41) is 3.10. The van der Waals surface area contributed by atoms with Crippen LogP contribution < -0.4 is 5.32 Å². The molecule has 1 atom stereocenters. The second-order valence-electron chi connectivity index (χ2n) is 3.88. The average Bonchev–Trinajstić information content (AvgIpc) is 2.19. The van der Waals surface area contributed by atoms with E-state index in [4.69, 9.17) is 0 Å². The standard InChI is InChI=1S/C11H22F3NO/c1-3-5-7-10(6-4-2)15-8-9-16-11(12,13)14/h10,15H,3-9H2,1-2H3. The molecule has 0 saturated heterocycles. The Hall–Kier alpha value is -0.290. The Morgan fingerprint density at radius 1 is 1.12 bits per heavy atom. The Morgan fingerprint density at radius 3 is 2.31 bits per heavy atom. The van der Waals surface area contributed by atoms with E-state index in [9.17, 15) is 13.2 Å². The summed E-state index contributed by atoms with van der Waals surface area (Å²) < 4.78 is 38.7. The Kier molecular flexibility index (Phi) is 8.66. The fourth-order valence-electron chi connectivity index (χ4n) is 1.58. The fraction of sp³-hybridized carbons (Fsp3) is 1.00. The Balaban J connectivity index is 3.59. The first-order chi connectivity index (χ1) is 7.49. The molecule has 0 spiro atoms. The third kappa shape index (κ3) is 10.2. The number of hydrogen-bond acceptors (Lipinski definition) is 2. The highest BCUT2D eigenvalue weighted by molar-refractivity contribution is 4.65. The van der Waals surface area contributed by atoms with Gasteiger partial charge in [0.15, 0.2) is 0 Å². The van der Waals surface area contributed by atoms with Crippen molar-refractivity contribution in [3.05, 3.63) is 0 Å². The van der Waals surface area contributed by atoms with Gasteiger partial charge in [-0.25, -0.2) is 0 Å². The molecule has 0 aromatic carbocycles. The van der Waals surface area contributed by atoms with Crippen molar-refractivity contribution >= 4 is 0 Å². The van der Waals surface area contributed by atoms with Crippen LogP contribution in [0.15, 0.2) is 0 Å². The van der Waals surface area contributed by atoms with Gasteiger partial charge >= 0.3 is 6.36 Å². The summed E-state index contributed by atoms with van der Waals surface area (Å²) in [4.78, 5) is 0. The minimum Gasteiger partial charge on any atom is -0.312 e. The molecule has 0 rings (SSSR count). The smallest absolute Gasteiger partial charge is 0.312 e. The number of hydrogen-bond donors (Lipinski definition) is 1. The SMILES string of the molecule is CCCCC(CCC)NCCOC(F)(F)F. The van der Waals surface area contributed by atoms with E-state index < -0.39 is 6.36 Å². The lowest BCUT2D eigenvalue weighted by atomic mass is 10.1. The Bertz CT molecular complexity index is 162. The van der Waals surface area contributed by atoms with E-state index in [0.717, 1.165) is 32.1 Å². The molecular formula is C11H22F3NO. The van der Waals surface area contributed by atoms with Gasteiger partial charge in [-0.2, -0.15) is 0 Å². The number of halogens is 3. The van der Waals surface area contributed by atoms with Crippen molar-refractivity contribution in [2.45, 2.75) is 58.4 Å². The quantitative estimate of drug-likeness (QED) is 0.624. The van der Waals surface area contributed by atoms with Gasteiger partial charge in [-0.3, -0.25) is 4.74 Å². The lowest BCUT2D eigenvalue weighted by Crippen LogP contribution is -2.33. The van der Waals surface area contributed by atoms with Crippen molar-refractivity contribution in [1.29, 1.82) is 0 Å². The maximum absolute atomic E-state index is 11.7. The van der Waals surface area contributed by atoms with Gasteiger partial charge < -0.3 is 5.32 Å². The highest BCUT2D eigenvalue weighted by Crippen LogP contribution is 2.15. The first-order valence-electron chi connectivity index (χ1n) is 5.93. The highest BCUT2D eigenvalue weighted by Gasteiger charge is 2.28. The second-order valence-corrected chi connectivity index (χ2v) is 3.88. The van der Waals surface area contributed by atoms with Crippen LogP contribution in [0, 0.1) is 0 Å². The van der Waals surface area contributed by atoms with Crippen LogP contribution in [-0.4, -0.2) is 25.6 Å². The molecule has 0 aliphatic rings. The molecule has 1 unspecified atom stereocenters. The van der Waals surface area contributed by atoms with Crippen molar-refractivity contribution in [2.75, 3.05) is 13.2 Å². The molecule has 0 aromatic rings. The van der Waals surface area contributed by atoms with Gasteiger partial charge in [-0.1, -0.05) is 33.1 Å². The van der Waals surface area contributed by atoms with Gasteiger partial charge in [-0.15, -0.1) is 13.2 Å². The van der Waals surface area contributed by atoms with Crippen molar-refractivity contribution in [1.82, 2.24) is 5.32 Å². The predicted octanol–water partition coefficient (Wildman–Crippen LogP) is 3.47. The lowest BCUT2D eigenvalue weighted by Gasteiger charge is -2.18. The van der Waals surface area contributed by atoms with Gasteiger partial charge in [0, 0.05) is 12.6 Å². The second kappa shape index (κ2) is 8.82. The van der Waals surface area contributed by atoms with Gasteiger partial charge in [0.1, 0.15) is 0 Å². The normalized spacial score (nSPS) is 14.1. The van der Waals surface area contributed by atoms with E-state index in [1.54, 1.807) is 0 Å². The number of ether oxygens (including phenoxy) is 1. The molecule has 16 heavy (non-hydrogen) atoms. The lowest BCUT2D eigenvalue weighted by molar-refractivity contribution is -0.323. The van der Waals surface area contributed by atoms with E-state index in [2.05, 4.69) is 23.9 Å². The Labute approximate surface area is 95.5 Å². The van der Waals surface area contributed by atoms with Gasteiger partial charge in [-0.05, 0) is 12.8 Å². The summed E-state index contributed by atoms with van der Waals surface area (Å²) in [7, 11) is 0. The van der Waals surface area contributed by atoms with Crippen LogP contribution in [0.25, 0.3) is 0 Å². The third-order valence-corrected chi connectivity index (χ3v) is 2.34. The number of rotatable bonds is 9. The third-order valence-electron chi connectivity index (χ3n) is 2.34. The molecule has 0 amide bonds. The van der Waals surface area contributed by atoms with Crippen LogP contribution in [-0.2, 0) is 4.74 Å². The van der Waals surface area contributed by atoms with Crippen LogP contribution in [0.2, 0.25) is 0 Å². The summed E-state index contributed by atoms with van der Waals surface area (Å²) in [6.45, 7) is 4.13. The minimum absolute atomic E-state index is 0.258. The summed E-state index contributed by atoms with van der Waals surface area (Å²) in [5.74, 6) is 0. The molecule has 0 aromatic heterocycles. The summed E-state index contributed by atoms with van der Waals surface area (Å²) in [6.07, 6.45) is 0.786. The zero-order valence-corrected chi connectivity index (χ0v) is 10.1. The van der Waals surface area contributed by atoms with E-state index in [0.29, 0.717) is 6.04 Å². The Morgan fingerprint density at radius 2 is 1.81 bits per heavy atom. The van der Waals surface area contributed by atoms with Gasteiger partial charge in [0.25, 0.3) is 0 Å². The zero-order valence-electron chi connectivity index (χ0n) is 10.1. The largest absolute Gasteiger partial charge is 0.522 e. The molecule has 0 bridgehead atoms. The molecule has 1 N–H and O–H groups in total. The molecule has 0 heterocycles. The molecule has 0 radical (unpaired) electrons. The predicted molar refractivity (Wildman–Crippen MR) is 58.2 cm³/mol. The van der Waals surface area contributed by atoms with Crippen molar-refractivity contribution in [3.63, 3.8) is 0 Å². The maximum atomic E-state index is 11.7. The van der Waals surface area contributed by atoms with E-state index in [-0.39, 0.29) is 13.2 Å². The number of alkyl halides is 3. The van der Waals surface area contributed by atoms with Crippen LogP contribution >= 0.6 is 0 Å². The molecule has 0 saturated carbocycles. The van der Waals surface area contributed by atoms with E-state index in [1.807, 2.05) is 0 Å². The maximum Gasteiger partial charge on any atom is 0.522 e. The van der Waals surface area contributed by atoms with Crippen molar-refractivity contribution < 1.29 is 17.9 Å². The fourth-order valence-corrected chi connectivity index (χ4v) is 1.58. The van der Waals surface area contributed by atoms with Crippen LogP contribution in [0.5, 0.6) is 0 Å². The van der Waals surface area contributed by atoms with Crippen LogP contribution in [0.1, 0.15) is 46.0 Å². The zero-order chi connectivity index (χ0) is 12.4. The molecule has 2 nitrogen and oxygen atoms in total. The molecular weight excluding hydrogens is 219 g/mol. The molecule has 5 heteroatoms. The van der Waals surface area contributed by atoms with Crippen LogP contribution in [0.3, 0.4) is 0 Å². The van der Waals surface area contributed by atoms with Crippen molar-refractivity contribution in [2.24, 2.45) is 0 Å². The topological polar surface area (TPSA) is 21.3 Å². The molecule has 98 valence electrons. The minimum atomic E-state index is -4.51. The van der Waals surface area contributed by atoms with E-state index in [1.165, 1.54) is 0 Å². The number of nitrogens with one attached hydrogen (secondary N) is 1. The van der Waals surface area contributed by atoms with Gasteiger partial charge in [0.2, 0.25) is 0 Å². The average molecular weight is 241 g/mol.